The van der Waals surface area contributed by atoms with Crippen LogP contribution >= 0.6 is 0 Å². The Morgan fingerprint density at radius 2 is 1.86 bits per heavy atom. The molecule has 1 N–H and O–H groups in total. The Morgan fingerprint density at radius 1 is 1.10 bits per heavy atom. The van der Waals surface area contributed by atoms with Crippen molar-refractivity contribution in [1.29, 1.82) is 0 Å². The van der Waals surface area contributed by atoms with E-state index in [1.807, 2.05) is 4.90 Å². The smallest absolute Gasteiger partial charge is 0.464 e. The number of pyridine rings is 1. The van der Waals surface area contributed by atoms with Gasteiger partial charge in [0, 0.05) is 43.5 Å². The van der Waals surface area contributed by atoms with Crippen molar-refractivity contribution in [2.24, 2.45) is 0 Å². The molecule has 1 atom stereocenters. The first-order valence-corrected chi connectivity index (χ1v) is 13.6. The largest absolute Gasteiger partial charge is 0.573 e. The van der Waals surface area contributed by atoms with Gasteiger partial charge in [0.25, 0.3) is 11.1 Å². The van der Waals surface area contributed by atoms with E-state index in [9.17, 15) is 27.6 Å². The van der Waals surface area contributed by atoms with E-state index in [1.54, 1.807) is 29.8 Å². The molecular formula is C28H30F3N5O6. The Bertz CT molecular complexity index is 1550. The molecule has 0 saturated carbocycles. The summed E-state index contributed by atoms with van der Waals surface area (Å²) >= 11 is 0. The van der Waals surface area contributed by atoms with Gasteiger partial charge in [0.1, 0.15) is 11.4 Å². The van der Waals surface area contributed by atoms with Crippen LogP contribution in [0.1, 0.15) is 24.5 Å². The summed E-state index contributed by atoms with van der Waals surface area (Å²) in [5.74, 6) is -0.493. The van der Waals surface area contributed by atoms with Crippen molar-refractivity contribution >= 4 is 17.5 Å². The number of hydrogen-bond donors (Lipinski definition) is 1. The Labute approximate surface area is 238 Å². The lowest BCUT2D eigenvalue weighted by atomic mass is 10.2. The minimum atomic E-state index is -4.84. The second kappa shape index (κ2) is 12.4. The molecular weight excluding hydrogens is 559 g/mol. The molecule has 3 aromatic rings. The minimum absolute atomic E-state index is 0.254. The Balaban J connectivity index is 1.35. The van der Waals surface area contributed by atoms with Gasteiger partial charge in [0.15, 0.2) is 11.9 Å². The fourth-order valence-corrected chi connectivity index (χ4v) is 5.11. The van der Waals surface area contributed by atoms with Crippen molar-refractivity contribution in [3.05, 3.63) is 74.4 Å². The lowest BCUT2D eigenvalue weighted by Crippen LogP contribution is -2.47. The van der Waals surface area contributed by atoms with Gasteiger partial charge in [-0.25, -0.2) is 4.79 Å². The second-order valence-electron chi connectivity index (χ2n) is 9.88. The van der Waals surface area contributed by atoms with Gasteiger partial charge in [-0.3, -0.25) is 14.5 Å². The quantitative estimate of drug-likeness (QED) is 0.376. The molecule has 1 saturated heterocycles. The van der Waals surface area contributed by atoms with Crippen LogP contribution in [-0.4, -0.2) is 70.5 Å². The number of anilines is 2. The Kier molecular flexibility index (Phi) is 8.64. The van der Waals surface area contributed by atoms with Crippen LogP contribution in [0.5, 0.6) is 5.75 Å². The van der Waals surface area contributed by atoms with Crippen LogP contribution in [0, 0.1) is 0 Å². The molecule has 3 heterocycles. The van der Waals surface area contributed by atoms with E-state index in [4.69, 9.17) is 9.47 Å². The molecule has 0 radical (unpaired) electrons. The number of esters is 1. The minimum Gasteiger partial charge on any atom is -0.464 e. The number of alkyl halides is 3. The SMILES string of the molecule is CCOC(=O)C1CN(CCn2cccc(Nc3nn(-c4ccc(OC(F)(F)F)cc4)c(=O)c4c3CCC4)c2=O)CCO1. The van der Waals surface area contributed by atoms with Crippen molar-refractivity contribution in [1.82, 2.24) is 19.2 Å². The zero-order valence-corrected chi connectivity index (χ0v) is 22.9. The van der Waals surface area contributed by atoms with Gasteiger partial charge < -0.3 is 24.1 Å². The molecule has 0 spiro atoms. The van der Waals surface area contributed by atoms with Crippen LogP contribution in [0.25, 0.3) is 5.69 Å². The number of nitrogens with zero attached hydrogens (tertiary/aromatic N) is 4. The monoisotopic (exact) mass is 589 g/mol. The first kappa shape index (κ1) is 29.3. The molecule has 11 nitrogen and oxygen atoms in total. The number of ether oxygens (including phenoxy) is 3. The summed E-state index contributed by atoms with van der Waals surface area (Å²) in [4.78, 5) is 40.6. The fourth-order valence-electron chi connectivity index (χ4n) is 5.11. The van der Waals surface area contributed by atoms with Crippen molar-refractivity contribution < 1.29 is 32.2 Å². The van der Waals surface area contributed by atoms with Crippen LogP contribution in [-0.2, 0) is 33.7 Å². The maximum atomic E-state index is 13.4. The summed E-state index contributed by atoms with van der Waals surface area (Å²) in [5.41, 5.74) is 1.10. The predicted molar refractivity (Wildman–Crippen MR) is 145 cm³/mol. The Hall–Kier alpha value is -4.17. The number of morpholine rings is 1. The van der Waals surface area contributed by atoms with Crippen molar-refractivity contribution in [3.8, 4) is 11.4 Å². The second-order valence-corrected chi connectivity index (χ2v) is 9.88. The number of carbonyl (C=O) groups is 1. The molecule has 14 heteroatoms. The topological polar surface area (TPSA) is 117 Å². The van der Waals surface area contributed by atoms with Gasteiger partial charge >= 0.3 is 12.3 Å². The molecule has 5 rings (SSSR count). The molecule has 1 fully saturated rings. The summed E-state index contributed by atoms with van der Waals surface area (Å²) in [7, 11) is 0. The molecule has 1 aliphatic heterocycles. The first-order chi connectivity index (χ1) is 20.1. The lowest BCUT2D eigenvalue weighted by molar-refractivity contribution is -0.274. The molecule has 2 aromatic heterocycles. The number of fused-ring (bicyclic) bond motifs is 1. The molecule has 42 heavy (non-hydrogen) atoms. The van der Waals surface area contributed by atoms with E-state index in [1.165, 1.54) is 12.1 Å². The van der Waals surface area contributed by atoms with Gasteiger partial charge in [0.2, 0.25) is 0 Å². The summed E-state index contributed by atoms with van der Waals surface area (Å²) in [5, 5.41) is 7.55. The predicted octanol–water partition coefficient (Wildman–Crippen LogP) is 2.79. The van der Waals surface area contributed by atoms with Crippen molar-refractivity contribution in [2.75, 3.05) is 38.2 Å². The molecule has 2 aliphatic rings. The lowest BCUT2D eigenvalue weighted by Gasteiger charge is -2.31. The molecule has 1 aromatic carbocycles. The fraction of sp³-hybridized carbons (Fsp3) is 0.429. The number of hydrogen-bond acceptors (Lipinski definition) is 9. The summed E-state index contributed by atoms with van der Waals surface area (Å²) < 4.78 is 54.8. The number of nitrogens with one attached hydrogen (secondary N) is 1. The van der Waals surface area contributed by atoms with Gasteiger partial charge in [-0.05, 0) is 62.6 Å². The maximum Gasteiger partial charge on any atom is 0.573 e. The van der Waals surface area contributed by atoms with Gasteiger partial charge in [-0.15, -0.1) is 18.3 Å². The zero-order valence-electron chi connectivity index (χ0n) is 22.9. The average Bonchev–Trinajstić information content (AvgIpc) is 3.46. The van der Waals surface area contributed by atoms with E-state index in [2.05, 4.69) is 15.2 Å². The standard InChI is InChI=1S/C28H30F3N5O6/c1-2-40-27(39)23-17-34(15-16-41-23)13-14-35-12-4-7-22(26(35)38)32-24-20-5-3-6-21(20)25(37)36(33-24)18-8-10-19(11-9-18)42-28(29,30)31/h4,7-12,23H,2-3,5-6,13-17H2,1H3,(H,32,33). The van der Waals surface area contributed by atoms with Crippen LogP contribution in [0.3, 0.4) is 0 Å². The van der Waals surface area contributed by atoms with Crippen LogP contribution < -0.4 is 21.2 Å². The number of rotatable bonds is 9. The summed E-state index contributed by atoms with van der Waals surface area (Å²) in [6.07, 6.45) is -1.99. The maximum absolute atomic E-state index is 13.4. The molecule has 0 bridgehead atoms. The summed E-state index contributed by atoms with van der Waals surface area (Å²) in [6.45, 7) is 4.24. The van der Waals surface area contributed by atoms with Crippen molar-refractivity contribution in [3.63, 3.8) is 0 Å². The number of aromatic nitrogens is 3. The van der Waals surface area contributed by atoms with Crippen LogP contribution in [0.4, 0.5) is 24.7 Å². The number of halogens is 3. The van der Waals surface area contributed by atoms with Crippen molar-refractivity contribution in [2.45, 2.75) is 45.2 Å². The van der Waals surface area contributed by atoms with E-state index in [0.717, 1.165) is 23.2 Å². The van der Waals surface area contributed by atoms with Crippen LogP contribution in [0.15, 0.2) is 52.2 Å². The number of carbonyl (C=O) groups excluding carboxylic acids is 1. The van der Waals surface area contributed by atoms with E-state index < -0.39 is 24.2 Å². The number of benzene rings is 1. The summed E-state index contributed by atoms with van der Waals surface area (Å²) in [6, 6.07) is 8.18. The highest BCUT2D eigenvalue weighted by molar-refractivity contribution is 5.75. The van der Waals surface area contributed by atoms with Gasteiger partial charge in [-0.2, -0.15) is 4.68 Å². The van der Waals surface area contributed by atoms with E-state index in [-0.39, 0.29) is 29.1 Å². The first-order valence-electron chi connectivity index (χ1n) is 13.6. The molecule has 0 amide bonds. The highest BCUT2D eigenvalue weighted by atomic mass is 19.4. The highest BCUT2D eigenvalue weighted by Crippen LogP contribution is 2.28. The van der Waals surface area contributed by atoms with Crippen LogP contribution in [0.2, 0.25) is 0 Å². The highest BCUT2D eigenvalue weighted by Gasteiger charge is 2.31. The third-order valence-corrected chi connectivity index (χ3v) is 7.10. The van der Waals surface area contributed by atoms with E-state index in [0.29, 0.717) is 62.6 Å². The third kappa shape index (κ3) is 6.65. The third-order valence-electron chi connectivity index (χ3n) is 7.10. The molecule has 1 aliphatic carbocycles. The van der Waals surface area contributed by atoms with Gasteiger partial charge in [-0.1, -0.05) is 0 Å². The average molecular weight is 590 g/mol. The normalized spacial score (nSPS) is 17.1. The van der Waals surface area contributed by atoms with E-state index >= 15 is 0 Å². The molecule has 1 unspecified atom stereocenters. The van der Waals surface area contributed by atoms with Gasteiger partial charge in [0.05, 0.1) is 18.9 Å². The molecule has 224 valence electrons. The Morgan fingerprint density at radius 3 is 2.60 bits per heavy atom. The zero-order chi connectivity index (χ0) is 29.9.